The van der Waals surface area contributed by atoms with Crippen LogP contribution in [0.25, 0.3) is 11.3 Å². The summed E-state index contributed by atoms with van der Waals surface area (Å²) in [6, 6.07) is 31.2. The van der Waals surface area contributed by atoms with Crippen LogP contribution in [0.1, 0.15) is 56.9 Å². The lowest BCUT2D eigenvalue weighted by molar-refractivity contribution is 0.0503. The van der Waals surface area contributed by atoms with E-state index in [0.717, 1.165) is 43.9 Å². The minimum Gasteiger partial charge on any atom is -0.489 e. The van der Waals surface area contributed by atoms with Gasteiger partial charge >= 0.3 is 0 Å². The molecule has 8 nitrogen and oxygen atoms in total. The van der Waals surface area contributed by atoms with Gasteiger partial charge in [0.15, 0.2) is 0 Å². The highest BCUT2D eigenvalue weighted by Gasteiger charge is 2.26. The van der Waals surface area contributed by atoms with Gasteiger partial charge in [-0.15, -0.1) is 0 Å². The van der Waals surface area contributed by atoms with Crippen LogP contribution in [0.2, 0.25) is 0 Å². The second-order valence-electron chi connectivity index (χ2n) is 13.4. The summed E-state index contributed by atoms with van der Waals surface area (Å²) in [7, 11) is 3.93. The average Bonchev–Trinajstić information content (AvgIpc) is 3.51. The van der Waals surface area contributed by atoms with Crippen molar-refractivity contribution < 1.29 is 23.5 Å². The molecule has 0 saturated carbocycles. The fourth-order valence-corrected chi connectivity index (χ4v) is 6.17. The summed E-state index contributed by atoms with van der Waals surface area (Å²) in [5, 5.41) is 2.94. The van der Waals surface area contributed by atoms with Gasteiger partial charge in [0.2, 0.25) is 0 Å². The van der Waals surface area contributed by atoms with E-state index in [1.165, 1.54) is 23.8 Å². The van der Waals surface area contributed by atoms with Gasteiger partial charge in [-0.05, 0) is 99.5 Å². The Morgan fingerprint density at radius 3 is 2.13 bits per heavy atom. The number of nitrogens with zero attached hydrogens (tertiary/aromatic N) is 3. The lowest BCUT2D eigenvalue weighted by Gasteiger charge is -2.29. The van der Waals surface area contributed by atoms with Gasteiger partial charge < -0.3 is 29.2 Å². The Kier molecular flexibility index (Phi) is 14.4. The molecule has 1 saturated heterocycles. The number of ether oxygens (including phenoxy) is 2. The van der Waals surface area contributed by atoms with Crippen molar-refractivity contribution in [2.75, 3.05) is 45.2 Å². The Balaban J connectivity index is 0.000000442. The zero-order valence-corrected chi connectivity index (χ0v) is 32.0. The van der Waals surface area contributed by atoms with Crippen LogP contribution in [0, 0.1) is 12.7 Å². The molecule has 3 heterocycles. The average molecular weight is 731 g/mol. The molecule has 4 aromatic carbocycles. The van der Waals surface area contributed by atoms with Gasteiger partial charge in [-0.25, -0.2) is 4.39 Å². The number of fused-ring (bicyclic) bond motifs is 1. The first-order valence-corrected chi connectivity index (χ1v) is 18.4. The van der Waals surface area contributed by atoms with Crippen LogP contribution in [0.3, 0.4) is 0 Å². The summed E-state index contributed by atoms with van der Waals surface area (Å²) < 4.78 is 27.4. The molecule has 2 amide bonds. The van der Waals surface area contributed by atoms with Gasteiger partial charge in [0.25, 0.3) is 11.8 Å². The van der Waals surface area contributed by atoms with Crippen molar-refractivity contribution in [2.45, 2.75) is 40.3 Å². The molecule has 0 aliphatic carbocycles. The number of benzene rings is 4. The molecule has 0 bridgehead atoms. The van der Waals surface area contributed by atoms with E-state index in [9.17, 15) is 14.0 Å². The first-order valence-electron chi connectivity index (χ1n) is 18.4. The van der Waals surface area contributed by atoms with Crippen LogP contribution < -0.4 is 10.1 Å². The molecule has 0 unspecified atom stereocenters. The lowest BCUT2D eigenvalue weighted by atomic mass is 9.97. The standard InChI is InChI=1S/C36H32FN3O3.C5H11NO.C4H8/c1-24-32(35(41)38-29-13-15-30(16-14-29)43-23-25-8-4-3-5-9-25)21-34(39(24)2)33-20-28(37)12-17-31(33)36(42)40-19-18-26-10-6-7-11-27(26)22-40;1-6-2-4-7-5-3-6;1-3-4-2/h3-17,20-21H,18-19,22-23H2,1-2H3,(H,38,41);2-5H2,1H3;3-4H,1-2H3/b;;4-3-. The second-order valence-corrected chi connectivity index (χ2v) is 13.4. The fraction of sp³-hybridized carbons (Fsp3) is 0.289. The van der Waals surface area contributed by atoms with Crippen molar-refractivity contribution in [3.8, 4) is 17.0 Å². The zero-order valence-electron chi connectivity index (χ0n) is 32.0. The first kappa shape index (κ1) is 39.7. The SMILES string of the molecule is C/C=C\C.CN1CCOCC1.Cc1c(C(=O)Nc2ccc(OCc3ccccc3)cc2)cc(-c2cc(F)ccc2C(=O)N2CCc3ccccc3C2)n1C. The van der Waals surface area contributed by atoms with E-state index in [1.54, 1.807) is 23.1 Å². The Hall–Kier alpha value is -5.51. The molecule has 0 atom stereocenters. The molecule has 5 aromatic rings. The molecule has 9 heteroatoms. The van der Waals surface area contributed by atoms with Crippen molar-refractivity contribution in [3.05, 3.63) is 155 Å². The molecule has 1 aromatic heterocycles. The van der Waals surface area contributed by atoms with Crippen LogP contribution in [0.15, 0.2) is 115 Å². The number of carbonyl (C=O) groups excluding carboxylic acids is 2. The molecule has 1 fully saturated rings. The van der Waals surface area contributed by atoms with Crippen LogP contribution in [0.5, 0.6) is 5.75 Å². The topological polar surface area (TPSA) is 76.0 Å². The van der Waals surface area contributed by atoms with Gasteiger partial charge in [-0.3, -0.25) is 9.59 Å². The van der Waals surface area contributed by atoms with E-state index in [0.29, 0.717) is 59.2 Å². The maximum atomic E-state index is 14.6. The van der Waals surface area contributed by atoms with Crippen LogP contribution in [-0.4, -0.2) is 66.1 Å². The quantitative estimate of drug-likeness (QED) is 0.170. The van der Waals surface area contributed by atoms with Gasteiger partial charge in [-0.1, -0.05) is 66.7 Å². The van der Waals surface area contributed by atoms with Gasteiger partial charge in [0.05, 0.1) is 18.8 Å². The summed E-state index contributed by atoms with van der Waals surface area (Å²) >= 11 is 0. The number of nitrogens with one attached hydrogen (secondary N) is 1. The first-order chi connectivity index (χ1) is 26.2. The number of aromatic nitrogens is 1. The number of morpholine rings is 1. The number of halogens is 1. The lowest BCUT2D eigenvalue weighted by Crippen LogP contribution is -2.36. The van der Waals surface area contributed by atoms with E-state index in [2.05, 4.69) is 23.3 Å². The molecule has 282 valence electrons. The van der Waals surface area contributed by atoms with E-state index in [-0.39, 0.29) is 11.8 Å². The molecule has 54 heavy (non-hydrogen) atoms. The predicted octanol–water partition coefficient (Wildman–Crippen LogP) is 8.70. The zero-order chi connectivity index (χ0) is 38.5. The summed E-state index contributed by atoms with van der Waals surface area (Å²) in [5.74, 6) is -0.214. The molecule has 2 aliphatic rings. The number of anilines is 1. The monoisotopic (exact) mass is 730 g/mol. The Bertz CT molecular complexity index is 2010. The molecule has 7 rings (SSSR count). The molecule has 1 N–H and O–H groups in total. The van der Waals surface area contributed by atoms with Gasteiger partial charge in [-0.2, -0.15) is 0 Å². The van der Waals surface area contributed by atoms with Crippen LogP contribution in [-0.2, 0) is 31.4 Å². The van der Waals surface area contributed by atoms with Gasteiger partial charge in [0, 0.05) is 61.4 Å². The minimum absolute atomic E-state index is 0.163. The third-order valence-corrected chi connectivity index (χ3v) is 9.61. The normalized spacial score (nSPS) is 13.9. The highest BCUT2D eigenvalue weighted by Crippen LogP contribution is 2.31. The smallest absolute Gasteiger partial charge is 0.257 e. The van der Waals surface area contributed by atoms with Crippen molar-refractivity contribution in [1.29, 1.82) is 0 Å². The molecule has 0 spiro atoms. The fourth-order valence-electron chi connectivity index (χ4n) is 6.17. The highest BCUT2D eigenvalue weighted by atomic mass is 19.1. The second kappa shape index (κ2) is 19.5. The summed E-state index contributed by atoms with van der Waals surface area (Å²) in [5.41, 5.74) is 6.64. The Morgan fingerprint density at radius 2 is 1.48 bits per heavy atom. The van der Waals surface area contributed by atoms with E-state index in [4.69, 9.17) is 9.47 Å². The minimum atomic E-state index is -0.449. The number of carbonyl (C=O) groups is 2. The van der Waals surface area contributed by atoms with Crippen molar-refractivity contribution in [2.24, 2.45) is 7.05 Å². The number of rotatable bonds is 7. The third-order valence-electron chi connectivity index (χ3n) is 9.61. The van der Waals surface area contributed by atoms with Crippen molar-refractivity contribution in [3.63, 3.8) is 0 Å². The maximum absolute atomic E-state index is 14.6. The summed E-state index contributed by atoms with van der Waals surface area (Å²) in [4.78, 5) is 31.2. The summed E-state index contributed by atoms with van der Waals surface area (Å²) in [6.45, 7) is 11.4. The van der Waals surface area contributed by atoms with Crippen molar-refractivity contribution >= 4 is 17.5 Å². The largest absolute Gasteiger partial charge is 0.489 e. The van der Waals surface area contributed by atoms with Crippen LogP contribution in [0.4, 0.5) is 10.1 Å². The van der Waals surface area contributed by atoms with Gasteiger partial charge in [0.1, 0.15) is 18.2 Å². The number of hydrogen-bond donors (Lipinski definition) is 1. The van der Waals surface area contributed by atoms with Crippen molar-refractivity contribution in [1.82, 2.24) is 14.4 Å². The number of allylic oxidation sites excluding steroid dienone is 2. The molecular formula is C45H51FN4O4. The van der Waals surface area contributed by atoms with E-state index < -0.39 is 5.82 Å². The van der Waals surface area contributed by atoms with Crippen LogP contribution >= 0.6 is 0 Å². The number of likely N-dealkylation sites (N-methyl/N-ethyl adjacent to an activating group) is 1. The Morgan fingerprint density at radius 1 is 0.815 bits per heavy atom. The van der Waals surface area contributed by atoms with E-state index >= 15 is 0 Å². The maximum Gasteiger partial charge on any atom is 0.257 e. The highest BCUT2D eigenvalue weighted by molar-refractivity contribution is 6.07. The van der Waals surface area contributed by atoms with E-state index in [1.807, 2.05) is 105 Å². The third kappa shape index (κ3) is 10.6. The summed E-state index contributed by atoms with van der Waals surface area (Å²) in [6.07, 6.45) is 4.77. The molecule has 2 aliphatic heterocycles. The number of amides is 2. The predicted molar refractivity (Wildman–Crippen MR) is 214 cm³/mol. The Labute approximate surface area is 318 Å². The molecule has 0 radical (unpaired) electrons. The number of hydrogen-bond acceptors (Lipinski definition) is 5. The molecular weight excluding hydrogens is 680 g/mol.